The van der Waals surface area contributed by atoms with Crippen LogP contribution >= 0.6 is 11.8 Å². The summed E-state index contributed by atoms with van der Waals surface area (Å²) in [7, 11) is 4.91. The molecule has 2 aromatic carbocycles. The molecular formula is C25H29N3O4S. The molecule has 33 heavy (non-hydrogen) atoms. The number of methoxy groups -OCH3 is 2. The van der Waals surface area contributed by atoms with Crippen LogP contribution in [0.4, 0.5) is 5.69 Å². The van der Waals surface area contributed by atoms with Gasteiger partial charge in [-0.2, -0.15) is 0 Å². The van der Waals surface area contributed by atoms with Gasteiger partial charge in [-0.3, -0.25) is 9.59 Å². The molecule has 7 nitrogen and oxygen atoms in total. The van der Waals surface area contributed by atoms with Gasteiger partial charge in [0.05, 0.1) is 24.8 Å². The van der Waals surface area contributed by atoms with Crippen molar-refractivity contribution in [1.82, 2.24) is 10.2 Å². The van der Waals surface area contributed by atoms with Crippen LogP contribution in [0.25, 0.3) is 6.08 Å². The minimum absolute atomic E-state index is 0.116. The molecule has 0 unspecified atom stereocenters. The number of carbonyl (C=O) groups is 2. The fraction of sp³-hybridized carbons (Fsp3) is 0.360. The van der Waals surface area contributed by atoms with E-state index in [1.165, 1.54) is 24.6 Å². The van der Waals surface area contributed by atoms with E-state index in [1.807, 2.05) is 36.4 Å². The van der Waals surface area contributed by atoms with Gasteiger partial charge in [0.1, 0.15) is 0 Å². The summed E-state index contributed by atoms with van der Waals surface area (Å²) in [6.45, 7) is 3.71. The van der Waals surface area contributed by atoms with E-state index in [2.05, 4.69) is 10.2 Å². The molecule has 2 aliphatic heterocycles. The van der Waals surface area contributed by atoms with Crippen LogP contribution in [-0.2, 0) is 4.79 Å². The van der Waals surface area contributed by atoms with Gasteiger partial charge in [-0.1, -0.05) is 17.8 Å². The lowest BCUT2D eigenvalue weighted by Crippen LogP contribution is -2.34. The van der Waals surface area contributed by atoms with Crippen molar-refractivity contribution >= 4 is 35.3 Å². The predicted octanol–water partition coefficient (Wildman–Crippen LogP) is 3.64. The van der Waals surface area contributed by atoms with Gasteiger partial charge in [-0.05, 0) is 67.9 Å². The second-order valence-corrected chi connectivity index (χ2v) is 9.16. The van der Waals surface area contributed by atoms with E-state index in [9.17, 15) is 9.59 Å². The molecule has 2 aliphatic rings. The van der Waals surface area contributed by atoms with Crippen LogP contribution in [0.1, 0.15) is 28.8 Å². The Hall–Kier alpha value is -2.97. The molecule has 0 radical (unpaired) electrons. The molecule has 0 atom stereocenters. The number of ether oxygens (including phenoxy) is 2. The average molecular weight is 468 g/mol. The van der Waals surface area contributed by atoms with Crippen molar-refractivity contribution in [3.8, 4) is 11.5 Å². The molecule has 2 amide bonds. The Labute approximate surface area is 198 Å². The number of hydrogen-bond donors (Lipinski definition) is 1. The Morgan fingerprint density at radius 1 is 1.09 bits per heavy atom. The number of thioether (sulfide) groups is 1. The van der Waals surface area contributed by atoms with E-state index < -0.39 is 0 Å². The Morgan fingerprint density at radius 3 is 2.58 bits per heavy atom. The maximum absolute atomic E-state index is 13.0. The summed E-state index contributed by atoms with van der Waals surface area (Å²) in [4.78, 5) is 31.2. The fourth-order valence-corrected chi connectivity index (χ4v) is 5.16. The summed E-state index contributed by atoms with van der Waals surface area (Å²) in [5.74, 6) is 1.01. The highest BCUT2D eigenvalue weighted by molar-refractivity contribution is 8.04. The molecule has 1 saturated heterocycles. The van der Waals surface area contributed by atoms with Crippen molar-refractivity contribution < 1.29 is 19.1 Å². The van der Waals surface area contributed by atoms with Gasteiger partial charge in [-0.25, -0.2) is 0 Å². The molecule has 8 heteroatoms. The zero-order valence-corrected chi connectivity index (χ0v) is 20.0. The first-order valence-electron chi connectivity index (χ1n) is 11.0. The zero-order valence-electron chi connectivity index (χ0n) is 19.2. The van der Waals surface area contributed by atoms with Gasteiger partial charge < -0.3 is 24.6 Å². The second kappa shape index (κ2) is 10.3. The molecule has 0 saturated carbocycles. The van der Waals surface area contributed by atoms with Crippen molar-refractivity contribution in [3.05, 3.63) is 52.4 Å². The van der Waals surface area contributed by atoms with Crippen LogP contribution in [0.5, 0.6) is 11.5 Å². The van der Waals surface area contributed by atoms with Gasteiger partial charge in [0, 0.05) is 30.6 Å². The standard InChI is InChI=1S/C25H29N3O4S/c1-27-19-16-18(24(29)26-10-13-28-11-4-5-12-28)7-9-22(19)33-23(25(27)30)15-17-6-8-20(31-2)21(14-17)32-3/h6-9,14-16H,4-5,10-13H2,1-3H3,(H,26,29)/b23-15-. The molecule has 1 N–H and O–H groups in total. The normalized spacial score (nSPS) is 17.2. The molecule has 1 fully saturated rings. The monoisotopic (exact) mass is 467 g/mol. The maximum atomic E-state index is 13.0. The lowest BCUT2D eigenvalue weighted by Gasteiger charge is -2.27. The quantitative estimate of drug-likeness (QED) is 0.627. The van der Waals surface area contributed by atoms with E-state index in [1.54, 1.807) is 32.2 Å². The van der Waals surface area contributed by atoms with E-state index in [0.717, 1.165) is 35.8 Å². The second-order valence-electron chi connectivity index (χ2n) is 8.08. The summed E-state index contributed by atoms with van der Waals surface area (Å²) in [5, 5.41) is 3.00. The first-order chi connectivity index (χ1) is 16.0. The van der Waals surface area contributed by atoms with Crippen LogP contribution in [0, 0.1) is 0 Å². The topological polar surface area (TPSA) is 71.1 Å². The number of anilines is 1. The molecular weight excluding hydrogens is 438 g/mol. The Kier molecular flexibility index (Phi) is 7.25. The molecule has 0 aliphatic carbocycles. The number of rotatable bonds is 7. The van der Waals surface area contributed by atoms with E-state index >= 15 is 0 Å². The summed E-state index contributed by atoms with van der Waals surface area (Å²) in [6, 6.07) is 11.0. The maximum Gasteiger partial charge on any atom is 0.264 e. The number of benzene rings is 2. The molecule has 0 spiro atoms. The van der Waals surface area contributed by atoms with Crippen molar-refractivity contribution in [2.45, 2.75) is 17.7 Å². The lowest BCUT2D eigenvalue weighted by atomic mass is 10.1. The Bertz CT molecular complexity index is 1080. The molecule has 2 heterocycles. The average Bonchev–Trinajstić information content (AvgIpc) is 3.35. The number of amides is 2. The van der Waals surface area contributed by atoms with Gasteiger partial charge in [-0.15, -0.1) is 0 Å². The zero-order chi connectivity index (χ0) is 23.4. The third kappa shape index (κ3) is 5.17. The summed E-state index contributed by atoms with van der Waals surface area (Å²) >= 11 is 1.40. The summed E-state index contributed by atoms with van der Waals surface area (Å²) < 4.78 is 10.7. The minimum Gasteiger partial charge on any atom is -0.493 e. The minimum atomic E-state index is -0.117. The predicted molar refractivity (Wildman–Crippen MR) is 131 cm³/mol. The van der Waals surface area contributed by atoms with E-state index in [0.29, 0.717) is 28.5 Å². The summed E-state index contributed by atoms with van der Waals surface area (Å²) in [5.41, 5.74) is 2.14. The number of likely N-dealkylation sites (tertiary alicyclic amines) is 1. The third-order valence-corrected chi connectivity index (χ3v) is 7.01. The van der Waals surface area contributed by atoms with Crippen molar-refractivity contribution in [3.63, 3.8) is 0 Å². The van der Waals surface area contributed by atoms with E-state index in [-0.39, 0.29) is 11.8 Å². The number of fused-ring (bicyclic) bond motifs is 1. The fourth-order valence-electron chi connectivity index (χ4n) is 4.06. The highest BCUT2D eigenvalue weighted by Gasteiger charge is 2.27. The van der Waals surface area contributed by atoms with Crippen LogP contribution in [0.2, 0.25) is 0 Å². The number of hydrogen-bond acceptors (Lipinski definition) is 6. The highest BCUT2D eigenvalue weighted by atomic mass is 32.2. The van der Waals surface area contributed by atoms with Gasteiger partial charge >= 0.3 is 0 Å². The lowest BCUT2D eigenvalue weighted by molar-refractivity contribution is -0.114. The molecule has 2 aromatic rings. The van der Waals surface area contributed by atoms with E-state index in [4.69, 9.17) is 9.47 Å². The van der Waals surface area contributed by atoms with Crippen molar-refractivity contribution in [1.29, 1.82) is 0 Å². The first-order valence-corrected chi connectivity index (χ1v) is 11.9. The van der Waals surface area contributed by atoms with Crippen LogP contribution in [-0.4, -0.2) is 64.2 Å². The Balaban J connectivity index is 1.49. The SMILES string of the molecule is COc1ccc(/C=C2\Sc3ccc(C(=O)NCCN4CCCC4)cc3N(C)C2=O)cc1OC. The molecule has 0 bridgehead atoms. The first kappa shape index (κ1) is 23.2. The summed E-state index contributed by atoms with van der Waals surface area (Å²) in [6.07, 6.45) is 4.31. The van der Waals surface area contributed by atoms with Crippen molar-refractivity contribution in [2.75, 3.05) is 52.3 Å². The van der Waals surface area contributed by atoms with Crippen LogP contribution in [0.15, 0.2) is 46.2 Å². The number of nitrogens with zero attached hydrogens (tertiary/aromatic N) is 2. The molecule has 174 valence electrons. The largest absolute Gasteiger partial charge is 0.493 e. The number of nitrogens with one attached hydrogen (secondary N) is 1. The van der Waals surface area contributed by atoms with Gasteiger partial charge in [0.15, 0.2) is 11.5 Å². The van der Waals surface area contributed by atoms with Crippen LogP contribution < -0.4 is 19.7 Å². The molecule has 4 rings (SSSR count). The number of carbonyl (C=O) groups excluding carboxylic acids is 2. The highest BCUT2D eigenvalue weighted by Crippen LogP contribution is 2.42. The third-order valence-electron chi connectivity index (χ3n) is 5.94. The Morgan fingerprint density at radius 2 is 1.85 bits per heavy atom. The van der Waals surface area contributed by atoms with Crippen molar-refractivity contribution in [2.24, 2.45) is 0 Å². The van der Waals surface area contributed by atoms with Gasteiger partial charge in [0.25, 0.3) is 11.8 Å². The smallest absolute Gasteiger partial charge is 0.264 e. The molecule has 0 aromatic heterocycles. The van der Waals surface area contributed by atoms with Gasteiger partial charge in [0.2, 0.25) is 0 Å². The van der Waals surface area contributed by atoms with Crippen LogP contribution in [0.3, 0.4) is 0 Å². The number of likely N-dealkylation sites (N-methyl/N-ethyl adjacent to an activating group) is 1.